The van der Waals surface area contributed by atoms with E-state index in [1.165, 1.54) is 6.07 Å². The van der Waals surface area contributed by atoms with Crippen molar-refractivity contribution >= 4 is 54.7 Å². The molecule has 1 N–H and O–H groups in total. The lowest BCUT2D eigenvalue weighted by Crippen LogP contribution is -2.12. The summed E-state index contributed by atoms with van der Waals surface area (Å²) < 4.78 is 27.7. The smallest absolute Gasteiger partial charge is 0.263 e. The van der Waals surface area contributed by atoms with Gasteiger partial charge in [0.25, 0.3) is 10.0 Å². The molecule has 0 aliphatic carbocycles. The Kier molecular flexibility index (Phi) is 3.96. The minimum absolute atomic E-state index is 0.173. The van der Waals surface area contributed by atoms with Gasteiger partial charge in [-0.25, -0.2) is 13.4 Å². The first-order valence-electron chi connectivity index (χ1n) is 4.80. The van der Waals surface area contributed by atoms with Crippen LogP contribution in [0.1, 0.15) is 5.56 Å². The highest BCUT2D eigenvalue weighted by Crippen LogP contribution is 2.31. The number of hydrogen-bond acceptors (Lipinski definition) is 4. The molecule has 0 unspecified atom stereocenters. The molecule has 96 valence electrons. The molecular weight excluding hydrogens is 360 g/mol. The first-order valence-corrected chi connectivity index (χ1v) is 8.27. The van der Waals surface area contributed by atoms with Gasteiger partial charge in [0.15, 0.2) is 0 Å². The van der Waals surface area contributed by atoms with Crippen molar-refractivity contribution in [2.24, 2.45) is 0 Å². The van der Waals surface area contributed by atoms with Gasteiger partial charge in [-0.15, -0.1) is 11.3 Å². The van der Waals surface area contributed by atoms with Gasteiger partial charge in [0.05, 0.1) is 4.34 Å². The molecule has 2 aromatic rings. The third kappa shape index (κ3) is 3.03. The molecule has 0 bridgehead atoms. The Morgan fingerprint density at radius 2 is 2.17 bits per heavy atom. The van der Waals surface area contributed by atoms with Crippen LogP contribution in [0.2, 0.25) is 4.34 Å². The van der Waals surface area contributed by atoms with Gasteiger partial charge in [0, 0.05) is 0 Å². The van der Waals surface area contributed by atoms with E-state index in [9.17, 15) is 8.42 Å². The van der Waals surface area contributed by atoms with Gasteiger partial charge < -0.3 is 0 Å². The zero-order valence-electron chi connectivity index (χ0n) is 9.15. The third-order valence-electron chi connectivity index (χ3n) is 2.05. The second-order valence-corrected chi connectivity index (χ2v) is 7.85. The summed E-state index contributed by atoms with van der Waals surface area (Å²) in [4.78, 5) is 4.01. The monoisotopic (exact) mass is 366 g/mol. The SMILES string of the molecule is Cc1cc(S(=O)(=O)Nc2cccc(Br)n2)sc1Cl. The maximum absolute atomic E-state index is 12.1. The van der Waals surface area contributed by atoms with Crippen LogP contribution in [-0.4, -0.2) is 13.4 Å². The van der Waals surface area contributed by atoms with E-state index in [1.54, 1.807) is 25.1 Å². The van der Waals surface area contributed by atoms with E-state index in [0.717, 1.165) is 16.9 Å². The molecule has 2 heterocycles. The molecule has 0 fully saturated rings. The first kappa shape index (κ1) is 13.8. The zero-order valence-corrected chi connectivity index (χ0v) is 13.1. The van der Waals surface area contributed by atoms with E-state index in [0.29, 0.717) is 8.94 Å². The van der Waals surface area contributed by atoms with Gasteiger partial charge in [-0.2, -0.15) is 0 Å². The standard InChI is InChI=1S/C10H8BrClN2O2S2/c1-6-5-9(17-10(6)12)18(15,16)14-8-4-2-3-7(11)13-8/h2-5H,1H3,(H,13,14). The second-order valence-electron chi connectivity index (χ2n) is 3.47. The average Bonchev–Trinajstić information content (AvgIpc) is 2.59. The quantitative estimate of drug-likeness (QED) is 0.842. The molecule has 0 radical (unpaired) electrons. The Bertz CT molecular complexity index is 665. The molecular formula is C10H8BrClN2O2S2. The van der Waals surface area contributed by atoms with Crippen molar-refractivity contribution in [3.63, 3.8) is 0 Å². The highest BCUT2D eigenvalue weighted by atomic mass is 79.9. The molecule has 2 rings (SSSR count). The normalized spacial score (nSPS) is 11.5. The second kappa shape index (κ2) is 5.16. The van der Waals surface area contributed by atoms with Crippen LogP contribution in [0.5, 0.6) is 0 Å². The van der Waals surface area contributed by atoms with E-state index in [-0.39, 0.29) is 10.0 Å². The number of aromatic nitrogens is 1. The van der Waals surface area contributed by atoms with Crippen molar-refractivity contribution < 1.29 is 8.42 Å². The summed E-state index contributed by atoms with van der Waals surface area (Å²) in [6, 6.07) is 6.52. The molecule has 0 amide bonds. The number of aryl methyl sites for hydroxylation is 1. The van der Waals surface area contributed by atoms with Gasteiger partial charge in [0.1, 0.15) is 14.6 Å². The molecule has 0 aliphatic heterocycles. The minimum Gasteiger partial charge on any atom is -0.263 e. The number of rotatable bonds is 3. The van der Waals surface area contributed by atoms with Crippen LogP contribution in [0.3, 0.4) is 0 Å². The fourth-order valence-corrected chi connectivity index (χ4v) is 4.27. The summed E-state index contributed by atoms with van der Waals surface area (Å²) >= 11 is 10.1. The zero-order chi connectivity index (χ0) is 13.3. The molecule has 0 aliphatic rings. The van der Waals surface area contributed by atoms with Crippen LogP contribution >= 0.6 is 38.9 Å². The van der Waals surface area contributed by atoms with Crippen LogP contribution in [0, 0.1) is 6.92 Å². The van der Waals surface area contributed by atoms with Crippen molar-refractivity contribution in [2.45, 2.75) is 11.1 Å². The third-order valence-corrected chi connectivity index (χ3v) is 5.88. The van der Waals surface area contributed by atoms with Crippen molar-refractivity contribution in [1.82, 2.24) is 4.98 Å². The van der Waals surface area contributed by atoms with E-state index >= 15 is 0 Å². The number of pyridine rings is 1. The van der Waals surface area contributed by atoms with Crippen LogP contribution in [0.15, 0.2) is 33.1 Å². The van der Waals surface area contributed by atoms with Gasteiger partial charge in [0.2, 0.25) is 0 Å². The van der Waals surface area contributed by atoms with Crippen LogP contribution in [0.25, 0.3) is 0 Å². The maximum Gasteiger partial charge on any atom is 0.272 e. The van der Waals surface area contributed by atoms with Crippen molar-refractivity contribution in [3.8, 4) is 0 Å². The lowest BCUT2D eigenvalue weighted by atomic mass is 10.4. The molecule has 8 heteroatoms. The summed E-state index contributed by atoms with van der Waals surface area (Å²) in [5, 5.41) is 0. The van der Waals surface area contributed by atoms with Crippen LogP contribution in [-0.2, 0) is 10.0 Å². The minimum atomic E-state index is -3.63. The molecule has 0 spiro atoms. The summed E-state index contributed by atoms with van der Waals surface area (Å²) in [6.07, 6.45) is 0. The Balaban J connectivity index is 2.33. The summed E-state index contributed by atoms with van der Waals surface area (Å²) in [5.41, 5.74) is 0.740. The summed E-state index contributed by atoms with van der Waals surface area (Å²) in [7, 11) is -3.63. The fourth-order valence-electron chi connectivity index (χ4n) is 1.22. The van der Waals surface area contributed by atoms with E-state index in [1.807, 2.05) is 0 Å². The number of anilines is 1. The van der Waals surface area contributed by atoms with Gasteiger partial charge in [-0.1, -0.05) is 17.7 Å². The lowest BCUT2D eigenvalue weighted by Gasteiger charge is -2.04. The average molecular weight is 368 g/mol. The first-order chi connectivity index (χ1) is 8.38. The number of thiophene rings is 1. The van der Waals surface area contributed by atoms with E-state index < -0.39 is 10.0 Å². The van der Waals surface area contributed by atoms with Crippen LogP contribution < -0.4 is 4.72 Å². The highest BCUT2D eigenvalue weighted by Gasteiger charge is 2.19. The number of nitrogens with one attached hydrogen (secondary N) is 1. The van der Waals surface area contributed by atoms with E-state index in [2.05, 4.69) is 25.6 Å². The Morgan fingerprint density at radius 1 is 1.44 bits per heavy atom. The number of sulfonamides is 1. The molecule has 18 heavy (non-hydrogen) atoms. The largest absolute Gasteiger partial charge is 0.272 e. The highest BCUT2D eigenvalue weighted by molar-refractivity contribution is 9.10. The topological polar surface area (TPSA) is 59.1 Å². The molecule has 2 aromatic heterocycles. The number of hydrogen-bond donors (Lipinski definition) is 1. The molecule has 0 aromatic carbocycles. The number of halogens is 2. The molecule has 0 atom stereocenters. The predicted molar refractivity (Wildman–Crippen MR) is 76.8 cm³/mol. The maximum atomic E-state index is 12.1. The Morgan fingerprint density at radius 3 is 2.72 bits per heavy atom. The number of nitrogens with zero attached hydrogens (tertiary/aromatic N) is 1. The van der Waals surface area contributed by atoms with Crippen LogP contribution in [0.4, 0.5) is 5.82 Å². The van der Waals surface area contributed by atoms with Gasteiger partial charge >= 0.3 is 0 Å². The lowest BCUT2D eigenvalue weighted by molar-refractivity contribution is 0.603. The van der Waals surface area contributed by atoms with Crippen molar-refractivity contribution in [2.75, 3.05) is 4.72 Å². The Hall–Kier alpha value is -0.630. The fraction of sp³-hybridized carbons (Fsp3) is 0.100. The van der Waals surface area contributed by atoms with Gasteiger partial charge in [-0.3, -0.25) is 4.72 Å². The van der Waals surface area contributed by atoms with Crippen molar-refractivity contribution in [1.29, 1.82) is 0 Å². The molecule has 0 saturated heterocycles. The molecule has 0 saturated carbocycles. The summed E-state index contributed by atoms with van der Waals surface area (Å²) in [5.74, 6) is 0.256. The van der Waals surface area contributed by atoms with Gasteiger partial charge in [-0.05, 0) is 46.6 Å². The van der Waals surface area contributed by atoms with Crippen molar-refractivity contribution in [3.05, 3.63) is 38.8 Å². The Labute approximate surface area is 122 Å². The predicted octanol–water partition coefficient (Wildman–Crippen LogP) is 3.67. The molecule has 4 nitrogen and oxygen atoms in total. The summed E-state index contributed by atoms with van der Waals surface area (Å²) in [6.45, 7) is 1.76. The van der Waals surface area contributed by atoms with E-state index in [4.69, 9.17) is 11.6 Å².